The predicted molar refractivity (Wildman–Crippen MR) is 97.2 cm³/mol. The molecule has 1 amide bonds. The molecule has 0 bridgehead atoms. The van der Waals surface area contributed by atoms with Gasteiger partial charge in [0.15, 0.2) is 0 Å². The Hall–Kier alpha value is -1.99. The number of nitrogens with zero attached hydrogens (tertiary/aromatic N) is 2. The van der Waals surface area contributed by atoms with Crippen LogP contribution < -0.4 is 5.32 Å². The summed E-state index contributed by atoms with van der Waals surface area (Å²) in [6.07, 6.45) is 3.89. The minimum absolute atomic E-state index is 0.339. The van der Waals surface area contributed by atoms with Gasteiger partial charge in [-0.1, -0.05) is 29.8 Å². The highest BCUT2D eigenvalue weighted by atomic mass is 35.5. The molecule has 2 heterocycles. The van der Waals surface area contributed by atoms with E-state index in [1.165, 1.54) is 6.20 Å². The Balaban J connectivity index is 1.72. The van der Waals surface area contributed by atoms with Crippen molar-refractivity contribution in [2.75, 3.05) is 11.5 Å². The van der Waals surface area contributed by atoms with Gasteiger partial charge in [0.25, 0.3) is 5.91 Å². The molecule has 1 aliphatic heterocycles. The van der Waals surface area contributed by atoms with Gasteiger partial charge in [0, 0.05) is 11.2 Å². The zero-order chi connectivity index (χ0) is 17.9. The molecule has 1 aromatic carbocycles. The molecule has 0 unspecified atom stereocenters. The third-order valence-corrected chi connectivity index (χ3v) is 5.65. The zero-order valence-corrected chi connectivity index (χ0v) is 15.0. The average Bonchev–Trinajstić information content (AvgIpc) is 3.06. The third-order valence-electron chi connectivity index (χ3n) is 4.29. The minimum atomic E-state index is -1.19. The Kier molecular flexibility index (Phi) is 5.34. The summed E-state index contributed by atoms with van der Waals surface area (Å²) >= 11 is 7.84. The third kappa shape index (κ3) is 3.99. The standard InChI is InChI=1S/C17H18ClN3O3S/c18-14-4-2-1-3-12(14)10-21-11-13(9-19-21)15(22)20-17(16(23)24)5-7-25-8-6-17/h1-4,9,11H,5-8,10H2,(H,20,22)(H,23,24). The van der Waals surface area contributed by atoms with Gasteiger partial charge in [-0.15, -0.1) is 0 Å². The van der Waals surface area contributed by atoms with E-state index < -0.39 is 17.4 Å². The van der Waals surface area contributed by atoms with Crippen LogP contribution in [0.5, 0.6) is 0 Å². The Bertz CT molecular complexity index is 787. The van der Waals surface area contributed by atoms with Crippen LogP contribution in [0.2, 0.25) is 5.02 Å². The first kappa shape index (κ1) is 17.8. The lowest BCUT2D eigenvalue weighted by Gasteiger charge is -2.33. The largest absolute Gasteiger partial charge is 0.480 e. The van der Waals surface area contributed by atoms with Crippen LogP contribution in [0.15, 0.2) is 36.7 Å². The van der Waals surface area contributed by atoms with Crippen LogP contribution in [0.25, 0.3) is 0 Å². The highest BCUT2D eigenvalue weighted by Crippen LogP contribution is 2.27. The normalized spacial score (nSPS) is 16.4. The maximum absolute atomic E-state index is 12.5. The lowest BCUT2D eigenvalue weighted by atomic mass is 9.92. The second-order valence-corrected chi connectivity index (χ2v) is 7.60. The highest BCUT2D eigenvalue weighted by Gasteiger charge is 2.41. The van der Waals surface area contributed by atoms with Gasteiger partial charge in [-0.05, 0) is 36.0 Å². The van der Waals surface area contributed by atoms with Crippen LogP contribution in [0.3, 0.4) is 0 Å². The molecule has 2 N–H and O–H groups in total. The summed E-state index contributed by atoms with van der Waals surface area (Å²) < 4.78 is 1.61. The van der Waals surface area contributed by atoms with Crippen molar-refractivity contribution in [1.82, 2.24) is 15.1 Å². The number of nitrogens with one attached hydrogen (secondary N) is 1. The first-order valence-electron chi connectivity index (χ1n) is 7.90. The molecule has 6 nitrogen and oxygen atoms in total. The number of halogens is 1. The van der Waals surface area contributed by atoms with Crippen LogP contribution in [-0.2, 0) is 11.3 Å². The Labute approximate surface area is 154 Å². The summed E-state index contributed by atoms with van der Waals surface area (Å²) in [7, 11) is 0. The van der Waals surface area contributed by atoms with Crippen molar-refractivity contribution in [3.8, 4) is 0 Å². The van der Waals surface area contributed by atoms with E-state index in [0.29, 0.717) is 30.0 Å². The number of thioether (sulfide) groups is 1. The molecule has 1 saturated heterocycles. The van der Waals surface area contributed by atoms with Crippen molar-refractivity contribution in [3.63, 3.8) is 0 Å². The molecule has 25 heavy (non-hydrogen) atoms. The number of carbonyl (C=O) groups is 2. The summed E-state index contributed by atoms with van der Waals surface area (Å²) in [5, 5.41) is 17.1. The molecule has 1 fully saturated rings. The number of carbonyl (C=O) groups excluding carboxylic acids is 1. The van der Waals surface area contributed by atoms with Crippen molar-refractivity contribution in [2.24, 2.45) is 0 Å². The van der Waals surface area contributed by atoms with Gasteiger partial charge < -0.3 is 10.4 Å². The second kappa shape index (κ2) is 7.49. The van der Waals surface area contributed by atoms with E-state index in [1.54, 1.807) is 28.7 Å². The van der Waals surface area contributed by atoms with Gasteiger partial charge in [0.05, 0.1) is 18.3 Å². The van der Waals surface area contributed by atoms with Crippen LogP contribution in [0.1, 0.15) is 28.8 Å². The van der Waals surface area contributed by atoms with E-state index in [0.717, 1.165) is 17.1 Å². The van der Waals surface area contributed by atoms with Gasteiger partial charge in [0.1, 0.15) is 5.54 Å². The minimum Gasteiger partial charge on any atom is -0.480 e. The molecule has 3 rings (SSSR count). The molecule has 2 aromatic rings. The average molecular weight is 380 g/mol. The number of hydrogen-bond acceptors (Lipinski definition) is 4. The van der Waals surface area contributed by atoms with E-state index >= 15 is 0 Å². The van der Waals surface area contributed by atoms with Gasteiger partial charge in [-0.2, -0.15) is 16.9 Å². The number of carboxylic acid groups (broad SMARTS) is 1. The topological polar surface area (TPSA) is 84.2 Å². The highest BCUT2D eigenvalue weighted by molar-refractivity contribution is 7.99. The molecule has 0 atom stereocenters. The number of amides is 1. The van der Waals surface area contributed by atoms with Crippen molar-refractivity contribution < 1.29 is 14.7 Å². The zero-order valence-electron chi connectivity index (χ0n) is 13.4. The number of carboxylic acids is 1. The predicted octanol–water partition coefficient (Wildman–Crippen LogP) is 2.67. The molecule has 0 radical (unpaired) electrons. The van der Waals surface area contributed by atoms with Crippen molar-refractivity contribution in [1.29, 1.82) is 0 Å². The number of hydrogen-bond donors (Lipinski definition) is 2. The number of aliphatic carboxylic acids is 1. The smallest absolute Gasteiger partial charge is 0.329 e. The number of benzene rings is 1. The fourth-order valence-electron chi connectivity index (χ4n) is 2.77. The van der Waals surface area contributed by atoms with Crippen LogP contribution >= 0.6 is 23.4 Å². The molecule has 1 aromatic heterocycles. The van der Waals surface area contributed by atoms with Gasteiger partial charge in [0.2, 0.25) is 0 Å². The quantitative estimate of drug-likeness (QED) is 0.834. The number of aromatic nitrogens is 2. The Morgan fingerprint density at radius 2 is 2.04 bits per heavy atom. The second-order valence-electron chi connectivity index (χ2n) is 5.97. The lowest BCUT2D eigenvalue weighted by molar-refractivity contribution is -0.144. The molecule has 1 aliphatic rings. The van der Waals surface area contributed by atoms with Crippen LogP contribution in [0, 0.1) is 0 Å². The first-order valence-corrected chi connectivity index (χ1v) is 9.43. The fraction of sp³-hybridized carbons (Fsp3) is 0.353. The maximum atomic E-state index is 12.5. The van der Waals surface area contributed by atoms with Crippen LogP contribution in [-0.4, -0.2) is 43.8 Å². The maximum Gasteiger partial charge on any atom is 0.329 e. The van der Waals surface area contributed by atoms with Crippen molar-refractivity contribution >= 4 is 35.2 Å². The van der Waals surface area contributed by atoms with E-state index in [9.17, 15) is 14.7 Å². The summed E-state index contributed by atoms with van der Waals surface area (Å²) in [5.41, 5.74) is 0.0455. The molecule has 0 spiro atoms. The first-order chi connectivity index (χ1) is 12.0. The molecule has 132 valence electrons. The Morgan fingerprint density at radius 1 is 1.32 bits per heavy atom. The Morgan fingerprint density at radius 3 is 2.72 bits per heavy atom. The monoisotopic (exact) mass is 379 g/mol. The van der Waals surface area contributed by atoms with E-state index in [4.69, 9.17) is 11.6 Å². The molecular formula is C17H18ClN3O3S. The van der Waals surface area contributed by atoms with Gasteiger partial charge in [-0.25, -0.2) is 4.79 Å². The SMILES string of the molecule is O=C(NC1(C(=O)O)CCSCC1)c1cnn(Cc2ccccc2Cl)c1. The molecule has 0 aliphatic carbocycles. The van der Waals surface area contributed by atoms with Gasteiger partial charge >= 0.3 is 5.97 Å². The van der Waals surface area contributed by atoms with E-state index in [1.807, 2.05) is 18.2 Å². The molecule has 0 saturated carbocycles. The van der Waals surface area contributed by atoms with E-state index in [2.05, 4.69) is 10.4 Å². The van der Waals surface area contributed by atoms with Gasteiger partial charge in [-0.3, -0.25) is 9.48 Å². The van der Waals surface area contributed by atoms with Crippen LogP contribution in [0.4, 0.5) is 0 Å². The summed E-state index contributed by atoms with van der Waals surface area (Å²) in [6, 6.07) is 7.42. The summed E-state index contributed by atoms with van der Waals surface area (Å²) in [5.74, 6) is 0.0424. The number of rotatable bonds is 5. The lowest BCUT2D eigenvalue weighted by Crippen LogP contribution is -2.56. The molecular weight excluding hydrogens is 362 g/mol. The molecule has 8 heteroatoms. The summed E-state index contributed by atoms with van der Waals surface area (Å²) in [4.78, 5) is 24.2. The summed E-state index contributed by atoms with van der Waals surface area (Å²) in [6.45, 7) is 0.438. The fourth-order valence-corrected chi connectivity index (χ4v) is 4.16. The van der Waals surface area contributed by atoms with Crippen molar-refractivity contribution in [3.05, 3.63) is 52.8 Å². The van der Waals surface area contributed by atoms with E-state index in [-0.39, 0.29) is 0 Å². The van der Waals surface area contributed by atoms with Crippen molar-refractivity contribution in [2.45, 2.75) is 24.9 Å².